The number of nitrogens with one attached hydrogen (secondary N) is 2. The number of hydrogen-bond donors (Lipinski definition) is 2. The number of piperazine rings is 1. The van der Waals surface area contributed by atoms with E-state index in [1.54, 1.807) is 12.1 Å². The number of nitrogens with zero attached hydrogens (tertiary/aromatic N) is 2. The Morgan fingerprint density at radius 2 is 1.64 bits per heavy atom. The van der Waals surface area contributed by atoms with Gasteiger partial charge in [0.1, 0.15) is 5.82 Å². The van der Waals surface area contributed by atoms with Crippen molar-refractivity contribution >= 4 is 17.4 Å². The van der Waals surface area contributed by atoms with Crippen LogP contribution < -0.4 is 15.5 Å². The fourth-order valence-electron chi connectivity index (χ4n) is 2.78. The maximum absolute atomic E-state index is 12.9. The molecule has 1 aliphatic rings. The number of likely N-dealkylation sites (N-methyl/N-ethyl adjacent to an activating group) is 1. The van der Waals surface area contributed by atoms with Crippen molar-refractivity contribution < 1.29 is 9.18 Å². The molecule has 2 amide bonds. The third-order valence-corrected chi connectivity index (χ3v) is 4.36. The van der Waals surface area contributed by atoms with Crippen LogP contribution in [-0.2, 0) is 6.54 Å². The zero-order valence-electron chi connectivity index (χ0n) is 14.3. The van der Waals surface area contributed by atoms with Gasteiger partial charge in [0.05, 0.1) is 0 Å². The van der Waals surface area contributed by atoms with E-state index in [0.29, 0.717) is 6.54 Å². The molecule has 5 nitrogen and oxygen atoms in total. The van der Waals surface area contributed by atoms with Crippen molar-refractivity contribution in [1.29, 1.82) is 0 Å². The predicted molar refractivity (Wildman–Crippen MR) is 98.4 cm³/mol. The maximum Gasteiger partial charge on any atom is 0.319 e. The number of carbonyl (C=O) groups is 1. The molecule has 0 saturated carbocycles. The highest BCUT2D eigenvalue weighted by Gasteiger charge is 2.14. The van der Waals surface area contributed by atoms with Gasteiger partial charge in [-0.05, 0) is 49.0 Å². The van der Waals surface area contributed by atoms with E-state index in [2.05, 4.69) is 27.5 Å². The summed E-state index contributed by atoms with van der Waals surface area (Å²) in [6.07, 6.45) is 0. The molecule has 1 fully saturated rings. The molecule has 0 unspecified atom stereocenters. The summed E-state index contributed by atoms with van der Waals surface area (Å²) in [5.41, 5.74) is 2.77. The molecular weight excluding hydrogens is 319 g/mol. The van der Waals surface area contributed by atoms with Crippen molar-refractivity contribution in [2.75, 3.05) is 43.4 Å². The van der Waals surface area contributed by atoms with Crippen LogP contribution in [0.5, 0.6) is 0 Å². The highest BCUT2D eigenvalue weighted by molar-refractivity contribution is 5.89. The first kappa shape index (κ1) is 17.2. The van der Waals surface area contributed by atoms with Gasteiger partial charge < -0.3 is 20.4 Å². The summed E-state index contributed by atoms with van der Waals surface area (Å²) < 4.78 is 12.9. The third kappa shape index (κ3) is 4.93. The first-order valence-electron chi connectivity index (χ1n) is 8.43. The van der Waals surface area contributed by atoms with Gasteiger partial charge in [-0.3, -0.25) is 0 Å². The molecule has 2 aromatic rings. The summed E-state index contributed by atoms with van der Waals surface area (Å²) in [4.78, 5) is 16.6. The Bertz CT molecular complexity index is 694. The largest absolute Gasteiger partial charge is 0.369 e. The minimum atomic E-state index is -0.284. The zero-order valence-corrected chi connectivity index (χ0v) is 14.3. The smallest absolute Gasteiger partial charge is 0.319 e. The number of hydrogen-bond acceptors (Lipinski definition) is 3. The second kappa shape index (κ2) is 7.98. The van der Waals surface area contributed by atoms with Gasteiger partial charge in [0, 0.05) is 44.1 Å². The molecule has 1 saturated heterocycles. The van der Waals surface area contributed by atoms with Crippen LogP contribution in [-0.4, -0.2) is 44.2 Å². The van der Waals surface area contributed by atoms with Crippen LogP contribution in [0.3, 0.4) is 0 Å². The standard InChI is InChI=1S/C19H23FN4O/c1-23-10-12-24(13-11-23)18-8-6-17(7-9-18)22-19(25)21-14-15-2-4-16(20)5-3-15/h2-9H,10-14H2,1H3,(H2,21,22,25). The fourth-order valence-corrected chi connectivity index (χ4v) is 2.78. The average Bonchev–Trinajstić information content (AvgIpc) is 2.63. The number of halogens is 1. The van der Waals surface area contributed by atoms with Gasteiger partial charge in [0.15, 0.2) is 0 Å². The monoisotopic (exact) mass is 342 g/mol. The lowest BCUT2D eigenvalue weighted by atomic mass is 10.2. The Morgan fingerprint density at radius 1 is 1.00 bits per heavy atom. The van der Waals surface area contributed by atoms with E-state index in [0.717, 1.165) is 37.4 Å². The van der Waals surface area contributed by atoms with Crippen LogP contribution in [0.4, 0.5) is 20.6 Å². The highest BCUT2D eigenvalue weighted by atomic mass is 19.1. The summed E-state index contributed by atoms with van der Waals surface area (Å²) in [6.45, 7) is 4.51. The minimum Gasteiger partial charge on any atom is -0.369 e. The number of anilines is 2. The molecule has 0 spiro atoms. The zero-order chi connectivity index (χ0) is 17.6. The van der Waals surface area contributed by atoms with Crippen LogP contribution in [0.1, 0.15) is 5.56 Å². The van der Waals surface area contributed by atoms with Gasteiger partial charge in [0.2, 0.25) is 0 Å². The molecule has 0 bridgehead atoms. The molecule has 132 valence electrons. The van der Waals surface area contributed by atoms with Crippen molar-refractivity contribution in [3.8, 4) is 0 Å². The van der Waals surface area contributed by atoms with Crippen LogP contribution in [0.15, 0.2) is 48.5 Å². The van der Waals surface area contributed by atoms with Gasteiger partial charge in [-0.25, -0.2) is 9.18 Å². The first-order valence-corrected chi connectivity index (χ1v) is 8.43. The fraction of sp³-hybridized carbons (Fsp3) is 0.316. The molecule has 1 aliphatic heterocycles. The van der Waals surface area contributed by atoms with Crippen LogP contribution in [0, 0.1) is 5.82 Å². The second-order valence-corrected chi connectivity index (χ2v) is 6.27. The van der Waals surface area contributed by atoms with Crippen molar-refractivity contribution in [3.05, 3.63) is 59.9 Å². The predicted octanol–water partition coefficient (Wildman–Crippen LogP) is 2.90. The molecule has 0 aromatic heterocycles. The lowest BCUT2D eigenvalue weighted by Gasteiger charge is -2.34. The van der Waals surface area contributed by atoms with Gasteiger partial charge in [0.25, 0.3) is 0 Å². The molecule has 0 atom stereocenters. The lowest BCUT2D eigenvalue weighted by Crippen LogP contribution is -2.44. The summed E-state index contributed by atoms with van der Waals surface area (Å²) in [6, 6.07) is 13.7. The SMILES string of the molecule is CN1CCN(c2ccc(NC(=O)NCc3ccc(F)cc3)cc2)CC1. The summed E-state index contributed by atoms with van der Waals surface area (Å²) in [7, 11) is 2.13. The lowest BCUT2D eigenvalue weighted by molar-refractivity contribution is 0.251. The van der Waals surface area contributed by atoms with E-state index in [9.17, 15) is 9.18 Å². The van der Waals surface area contributed by atoms with Crippen molar-refractivity contribution in [2.24, 2.45) is 0 Å². The highest BCUT2D eigenvalue weighted by Crippen LogP contribution is 2.19. The number of benzene rings is 2. The van der Waals surface area contributed by atoms with Crippen LogP contribution >= 0.6 is 0 Å². The Kier molecular flexibility index (Phi) is 5.50. The quantitative estimate of drug-likeness (QED) is 0.898. The van der Waals surface area contributed by atoms with E-state index in [1.165, 1.54) is 17.8 Å². The molecule has 25 heavy (non-hydrogen) atoms. The van der Waals surface area contributed by atoms with Crippen LogP contribution in [0.25, 0.3) is 0 Å². The molecule has 3 rings (SSSR count). The Morgan fingerprint density at radius 3 is 2.28 bits per heavy atom. The minimum absolute atomic E-state index is 0.281. The molecule has 6 heteroatoms. The third-order valence-electron chi connectivity index (χ3n) is 4.36. The van der Waals surface area contributed by atoms with Gasteiger partial charge >= 0.3 is 6.03 Å². The molecule has 2 aromatic carbocycles. The van der Waals surface area contributed by atoms with E-state index in [4.69, 9.17) is 0 Å². The molecule has 0 radical (unpaired) electrons. The van der Waals surface area contributed by atoms with E-state index >= 15 is 0 Å². The average molecular weight is 342 g/mol. The summed E-state index contributed by atoms with van der Waals surface area (Å²) >= 11 is 0. The van der Waals surface area contributed by atoms with Gasteiger partial charge in [-0.1, -0.05) is 12.1 Å². The van der Waals surface area contributed by atoms with Crippen LogP contribution in [0.2, 0.25) is 0 Å². The molecule has 0 aliphatic carbocycles. The topological polar surface area (TPSA) is 47.6 Å². The Hall–Kier alpha value is -2.60. The number of rotatable bonds is 4. The van der Waals surface area contributed by atoms with Crippen molar-refractivity contribution in [2.45, 2.75) is 6.54 Å². The summed E-state index contributed by atoms with van der Waals surface area (Å²) in [5.74, 6) is -0.284. The normalized spacial score (nSPS) is 15.0. The van der Waals surface area contributed by atoms with Gasteiger partial charge in [-0.15, -0.1) is 0 Å². The Labute approximate surface area is 147 Å². The molecular formula is C19H23FN4O. The number of carbonyl (C=O) groups excluding carboxylic acids is 1. The molecule has 2 N–H and O–H groups in total. The van der Waals surface area contributed by atoms with Crippen molar-refractivity contribution in [3.63, 3.8) is 0 Å². The Balaban J connectivity index is 1.49. The second-order valence-electron chi connectivity index (χ2n) is 6.27. The summed E-state index contributed by atoms with van der Waals surface area (Å²) in [5, 5.41) is 5.57. The van der Waals surface area contributed by atoms with E-state index in [-0.39, 0.29) is 11.8 Å². The number of amides is 2. The maximum atomic E-state index is 12.9. The first-order chi connectivity index (χ1) is 12.1. The number of urea groups is 1. The molecule has 1 heterocycles. The van der Waals surface area contributed by atoms with E-state index < -0.39 is 0 Å². The van der Waals surface area contributed by atoms with Gasteiger partial charge in [-0.2, -0.15) is 0 Å². The van der Waals surface area contributed by atoms with Crippen molar-refractivity contribution in [1.82, 2.24) is 10.2 Å². The van der Waals surface area contributed by atoms with E-state index in [1.807, 2.05) is 24.3 Å².